The summed E-state index contributed by atoms with van der Waals surface area (Å²) < 4.78 is 6.90. The van der Waals surface area contributed by atoms with E-state index in [-0.39, 0.29) is 23.1 Å². The summed E-state index contributed by atoms with van der Waals surface area (Å²) in [4.78, 5) is 7.84. The Bertz CT molecular complexity index is 4280. The van der Waals surface area contributed by atoms with Crippen LogP contribution in [-0.2, 0) is 5.41 Å². The van der Waals surface area contributed by atoms with E-state index in [2.05, 4.69) is 276 Å². The van der Waals surface area contributed by atoms with Gasteiger partial charge in [-0.3, -0.25) is 0 Å². The van der Waals surface area contributed by atoms with Gasteiger partial charge in [0.1, 0.15) is 11.2 Å². The topological polar surface area (TPSA) is 22.9 Å². The lowest BCUT2D eigenvalue weighted by atomic mass is 9.42. The molecule has 79 heavy (non-hydrogen) atoms. The summed E-state index contributed by atoms with van der Waals surface area (Å²) in [6, 6.07) is 70.0. The highest BCUT2D eigenvalue weighted by atomic mass is 16.3. The van der Waals surface area contributed by atoms with Gasteiger partial charge in [0.05, 0.1) is 16.8 Å². The zero-order chi connectivity index (χ0) is 53.7. The van der Waals surface area contributed by atoms with E-state index >= 15 is 0 Å². The third kappa shape index (κ3) is 7.03. The van der Waals surface area contributed by atoms with E-state index in [0.29, 0.717) is 0 Å². The summed E-state index contributed by atoms with van der Waals surface area (Å²) in [7, 11) is 0. The van der Waals surface area contributed by atoms with Crippen LogP contribution in [-0.4, -0.2) is 6.85 Å². The summed E-state index contributed by atoms with van der Waals surface area (Å²) >= 11 is 0. The van der Waals surface area contributed by atoms with Gasteiger partial charge in [0.15, 0.2) is 0 Å². The van der Waals surface area contributed by atoms with Crippen molar-refractivity contribution in [2.75, 3.05) is 14.6 Å². The Kier molecular flexibility index (Phi) is 10.3. The second-order valence-corrected chi connectivity index (χ2v) is 24.6. The van der Waals surface area contributed by atoms with Crippen molar-refractivity contribution in [3.05, 3.63) is 233 Å². The summed E-state index contributed by atoms with van der Waals surface area (Å²) in [6.07, 6.45) is 5.54. The number of benzene rings is 9. The largest absolute Gasteiger partial charge is 0.456 e. The van der Waals surface area contributed by atoms with Crippen molar-refractivity contribution in [3.8, 4) is 45.2 Å². The van der Waals surface area contributed by atoms with Crippen molar-refractivity contribution < 1.29 is 4.42 Å². The van der Waals surface area contributed by atoms with Gasteiger partial charge in [0.25, 0.3) is 0 Å². The zero-order valence-corrected chi connectivity index (χ0v) is 46.4. The van der Waals surface area contributed by atoms with Crippen molar-refractivity contribution >= 4 is 79.5 Å². The van der Waals surface area contributed by atoms with Crippen LogP contribution in [0.3, 0.4) is 0 Å². The number of para-hydroxylation sites is 3. The van der Waals surface area contributed by atoms with E-state index in [4.69, 9.17) is 4.42 Å². The molecule has 1 aromatic heterocycles. The Labute approximate surface area is 465 Å². The predicted molar refractivity (Wildman–Crippen MR) is 333 cm³/mol. The third-order valence-corrected chi connectivity index (χ3v) is 18.7. The minimum absolute atomic E-state index is 0.0317. The lowest BCUT2D eigenvalue weighted by molar-refractivity contribution is 0.264. The molecule has 0 N–H and O–H groups in total. The first-order valence-electron chi connectivity index (χ1n) is 28.3. The molecule has 10 aromatic rings. The molecule has 15 rings (SSSR count). The van der Waals surface area contributed by atoms with Gasteiger partial charge >= 0.3 is 6.85 Å². The first kappa shape index (κ1) is 47.5. The van der Waals surface area contributed by atoms with Crippen molar-refractivity contribution in [2.24, 2.45) is 10.8 Å². The molecule has 382 valence electrons. The first-order valence-corrected chi connectivity index (χ1v) is 28.3. The lowest BCUT2D eigenvalue weighted by Crippen LogP contribution is -2.63. The Morgan fingerprint density at radius 2 is 1.19 bits per heavy atom. The number of aryl methyl sites for hydroxylation is 2. The number of anilines is 7. The van der Waals surface area contributed by atoms with Crippen molar-refractivity contribution in [1.29, 1.82) is 0 Å². The fraction of sp³-hybridized carbons (Fsp3) is 0.189. The summed E-state index contributed by atoms with van der Waals surface area (Å²) in [5, 5.41) is 2.22. The molecule has 0 saturated carbocycles. The van der Waals surface area contributed by atoms with Gasteiger partial charge in [0, 0.05) is 56.9 Å². The SMILES string of the molecule is Cc1cc(-c2ccccc2)ccc1N(c1cc2c3c(c1)N1c4ccccc4C(C)(C)c4cccc(c41)B3N(C1=CC3=C(CC#C1)C(C)(C)CCC3(C)C)c1c-2ccc2oc3ccccc3c12)c1ccc(-c2ccccc2)cc1C. The minimum atomic E-state index is -0.290. The zero-order valence-electron chi connectivity index (χ0n) is 46.4. The molecular weight excluding hydrogens is 958 g/mol. The number of furan rings is 1. The number of hydrogen-bond donors (Lipinski definition) is 0. The maximum atomic E-state index is 6.90. The normalized spacial score (nSPS) is 16.7. The molecule has 3 aliphatic heterocycles. The van der Waals surface area contributed by atoms with Crippen LogP contribution < -0.4 is 25.5 Å². The Morgan fingerprint density at radius 1 is 0.544 bits per heavy atom. The molecule has 2 aliphatic carbocycles. The van der Waals surface area contributed by atoms with E-state index in [0.717, 1.165) is 75.2 Å². The smallest absolute Gasteiger partial charge is 0.333 e. The molecule has 4 nitrogen and oxygen atoms in total. The van der Waals surface area contributed by atoms with Gasteiger partial charge in [-0.15, -0.1) is 0 Å². The molecule has 0 fully saturated rings. The third-order valence-electron chi connectivity index (χ3n) is 18.7. The summed E-state index contributed by atoms with van der Waals surface area (Å²) in [6.45, 7) is 18.9. The van der Waals surface area contributed by atoms with Crippen LogP contribution in [0, 0.1) is 36.5 Å². The van der Waals surface area contributed by atoms with Crippen molar-refractivity contribution in [2.45, 2.75) is 80.1 Å². The number of rotatable bonds is 6. The minimum Gasteiger partial charge on any atom is -0.456 e. The Hall–Kier alpha value is -8.72. The highest BCUT2D eigenvalue weighted by Gasteiger charge is 2.51. The molecule has 0 atom stereocenters. The van der Waals surface area contributed by atoms with Crippen LogP contribution in [0.1, 0.15) is 83.1 Å². The van der Waals surface area contributed by atoms with Crippen LogP contribution >= 0.6 is 0 Å². The van der Waals surface area contributed by atoms with Gasteiger partial charge in [-0.05, 0) is 182 Å². The summed E-state index contributed by atoms with van der Waals surface area (Å²) in [5.41, 5.74) is 28.3. The first-order chi connectivity index (χ1) is 38.3. The molecule has 9 aromatic carbocycles. The standard InChI is InChI=1S/C74H62BN3O/c1-46-41-50(48-21-11-9-12-22-48)33-36-62(46)76(63-37-34-51(42-47(63)2)49-23-13-10-14-24-49)53-43-56-54-35-38-67-68(55-26-15-18-32-66(55)79-67)70(54)78(52-25-19-28-57-60(44-52)73(5,6)40-39-72(57,3)4)75-61-30-20-29-59-71(61)77(65(45-53)69(56)75)64-31-17-16-27-58(64)74(59,7)8/h9-18,20-24,26-27,29-38,41-45H,28,39-40H2,1-8H3. The van der Waals surface area contributed by atoms with E-state index in [1.54, 1.807) is 0 Å². The molecule has 0 saturated heterocycles. The number of hydrogen-bond acceptors (Lipinski definition) is 4. The van der Waals surface area contributed by atoms with E-state index in [9.17, 15) is 0 Å². The average molecular weight is 1020 g/mol. The average Bonchev–Trinajstić information content (AvgIpc) is 3.89. The monoisotopic (exact) mass is 1020 g/mol. The second kappa shape index (κ2) is 17.1. The molecule has 0 bridgehead atoms. The maximum Gasteiger partial charge on any atom is 0.333 e. The van der Waals surface area contributed by atoms with Crippen LogP contribution in [0.2, 0.25) is 0 Å². The molecule has 4 heterocycles. The highest BCUT2D eigenvalue weighted by molar-refractivity contribution is 6.93. The summed E-state index contributed by atoms with van der Waals surface area (Å²) in [5.74, 6) is 7.78. The molecule has 5 heteroatoms. The van der Waals surface area contributed by atoms with Crippen molar-refractivity contribution in [1.82, 2.24) is 0 Å². The molecule has 0 spiro atoms. The molecular formula is C74H62BN3O. The fourth-order valence-electron chi connectivity index (χ4n) is 14.4. The second-order valence-electron chi connectivity index (χ2n) is 24.6. The molecule has 0 amide bonds. The van der Waals surface area contributed by atoms with E-state index in [1.165, 1.54) is 89.2 Å². The van der Waals surface area contributed by atoms with Crippen LogP contribution in [0.5, 0.6) is 0 Å². The van der Waals surface area contributed by atoms with Gasteiger partial charge in [-0.25, -0.2) is 0 Å². The maximum absolute atomic E-state index is 6.90. The number of fused-ring (bicyclic) bond motifs is 10. The number of nitrogens with zero attached hydrogens (tertiary/aromatic N) is 3. The van der Waals surface area contributed by atoms with Crippen molar-refractivity contribution in [3.63, 3.8) is 0 Å². The molecule has 0 radical (unpaired) electrons. The van der Waals surface area contributed by atoms with Crippen LogP contribution in [0.4, 0.5) is 39.8 Å². The van der Waals surface area contributed by atoms with Gasteiger partial charge in [0.2, 0.25) is 0 Å². The van der Waals surface area contributed by atoms with Crippen LogP contribution in [0.15, 0.2) is 215 Å². The Morgan fingerprint density at radius 3 is 1.90 bits per heavy atom. The van der Waals surface area contributed by atoms with E-state index < -0.39 is 0 Å². The lowest BCUT2D eigenvalue weighted by Gasteiger charge is -2.51. The Balaban J connectivity index is 1.07. The highest BCUT2D eigenvalue weighted by Crippen LogP contribution is 2.58. The molecule has 0 unspecified atom stereocenters. The van der Waals surface area contributed by atoms with Crippen LogP contribution in [0.25, 0.3) is 55.3 Å². The van der Waals surface area contributed by atoms with Gasteiger partial charge < -0.3 is 19.0 Å². The predicted octanol–water partition coefficient (Wildman–Crippen LogP) is 18.5. The number of allylic oxidation sites excluding steroid dienone is 4. The fourth-order valence-corrected chi connectivity index (χ4v) is 14.4. The van der Waals surface area contributed by atoms with Gasteiger partial charge in [-0.1, -0.05) is 175 Å². The van der Waals surface area contributed by atoms with E-state index in [1.807, 2.05) is 0 Å². The quantitative estimate of drug-likeness (QED) is 0.122. The van der Waals surface area contributed by atoms with Gasteiger partial charge in [-0.2, -0.15) is 0 Å². The molecule has 5 aliphatic rings.